The second-order valence-electron chi connectivity index (χ2n) is 6.28. The molecule has 25 heavy (non-hydrogen) atoms. The van der Waals surface area contributed by atoms with Crippen LogP contribution < -0.4 is 11.1 Å². The van der Waals surface area contributed by atoms with Crippen molar-refractivity contribution in [2.45, 2.75) is 19.0 Å². The van der Waals surface area contributed by atoms with Gasteiger partial charge in [-0.15, -0.1) is 12.4 Å². The number of nitrogens with two attached hydrogens (primary N) is 1. The van der Waals surface area contributed by atoms with Gasteiger partial charge in [0.05, 0.1) is 6.04 Å². The Morgan fingerprint density at radius 1 is 1.20 bits per heavy atom. The fraction of sp³-hybridized carbons (Fsp3) is 0.611. The monoisotopic (exact) mass is 386 g/mol. The molecule has 1 fully saturated rings. The summed E-state index contributed by atoms with van der Waals surface area (Å²) in [5, 5.41) is 2.96. The van der Waals surface area contributed by atoms with Crippen LogP contribution in [-0.2, 0) is 11.3 Å². The highest BCUT2D eigenvalue weighted by Crippen LogP contribution is 2.08. The van der Waals surface area contributed by atoms with Crippen LogP contribution in [-0.4, -0.2) is 73.0 Å². The second-order valence-corrected chi connectivity index (χ2v) is 7.27. The minimum atomic E-state index is -0.375. The van der Waals surface area contributed by atoms with Crippen molar-refractivity contribution in [1.82, 2.24) is 15.1 Å². The molecular weight excluding hydrogens is 356 g/mol. The second kappa shape index (κ2) is 12.5. The highest BCUT2D eigenvalue weighted by molar-refractivity contribution is 7.98. The number of hydrogen-bond donors (Lipinski definition) is 2. The molecule has 142 valence electrons. The molecule has 0 saturated carbocycles. The van der Waals surface area contributed by atoms with E-state index in [9.17, 15) is 4.79 Å². The summed E-state index contributed by atoms with van der Waals surface area (Å²) in [5.41, 5.74) is 7.24. The zero-order valence-electron chi connectivity index (χ0n) is 15.0. The molecule has 1 saturated heterocycles. The van der Waals surface area contributed by atoms with Gasteiger partial charge >= 0.3 is 0 Å². The Labute approximate surface area is 162 Å². The van der Waals surface area contributed by atoms with Crippen LogP contribution in [0.15, 0.2) is 30.3 Å². The predicted molar refractivity (Wildman–Crippen MR) is 109 cm³/mol. The Bertz CT molecular complexity index is 483. The van der Waals surface area contributed by atoms with E-state index >= 15 is 0 Å². The molecular formula is C18H31ClN4OS. The number of hydrogen-bond acceptors (Lipinski definition) is 5. The van der Waals surface area contributed by atoms with E-state index in [-0.39, 0.29) is 24.4 Å². The van der Waals surface area contributed by atoms with E-state index in [1.54, 1.807) is 11.8 Å². The van der Waals surface area contributed by atoms with Crippen LogP contribution in [0.3, 0.4) is 0 Å². The Hall–Kier alpha value is -0.790. The third-order valence-electron chi connectivity index (χ3n) is 4.41. The number of halogens is 1. The van der Waals surface area contributed by atoms with Crippen LogP contribution in [0.2, 0.25) is 0 Å². The first kappa shape index (κ1) is 22.3. The molecule has 0 aromatic heterocycles. The zero-order chi connectivity index (χ0) is 17.2. The van der Waals surface area contributed by atoms with Crippen LogP contribution in [0.25, 0.3) is 0 Å². The van der Waals surface area contributed by atoms with Gasteiger partial charge in [-0.2, -0.15) is 11.8 Å². The number of piperazine rings is 1. The van der Waals surface area contributed by atoms with E-state index in [4.69, 9.17) is 5.73 Å². The maximum absolute atomic E-state index is 11.9. The van der Waals surface area contributed by atoms with Gasteiger partial charge in [0.15, 0.2) is 0 Å². The molecule has 0 spiro atoms. The van der Waals surface area contributed by atoms with E-state index in [1.165, 1.54) is 5.56 Å². The van der Waals surface area contributed by atoms with Crippen LogP contribution in [0.1, 0.15) is 12.0 Å². The lowest BCUT2D eigenvalue weighted by atomic mass is 10.2. The van der Waals surface area contributed by atoms with Crippen LogP contribution in [0, 0.1) is 0 Å². The van der Waals surface area contributed by atoms with Crippen molar-refractivity contribution in [3.05, 3.63) is 35.9 Å². The lowest BCUT2D eigenvalue weighted by Crippen LogP contribution is -2.49. The average Bonchev–Trinajstić information content (AvgIpc) is 2.62. The summed E-state index contributed by atoms with van der Waals surface area (Å²) in [6, 6.07) is 10.2. The van der Waals surface area contributed by atoms with Gasteiger partial charge in [0, 0.05) is 45.8 Å². The first-order valence-electron chi connectivity index (χ1n) is 8.70. The van der Waals surface area contributed by atoms with E-state index in [0.29, 0.717) is 6.54 Å². The fourth-order valence-corrected chi connectivity index (χ4v) is 3.35. The minimum absolute atomic E-state index is 0. The maximum atomic E-state index is 11.9. The highest BCUT2D eigenvalue weighted by Gasteiger charge is 2.17. The molecule has 7 heteroatoms. The number of thioether (sulfide) groups is 1. The summed E-state index contributed by atoms with van der Waals surface area (Å²) in [7, 11) is 0. The van der Waals surface area contributed by atoms with E-state index in [1.807, 2.05) is 6.26 Å². The van der Waals surface area contributed by atoms with Crippen molar-refractivity contribution in [3.63, 3.8) is 0 Å². The molecule has 1 heterocycles. The lowest BCUT2D eigenvalue weighted by molar-refractivity contribution is -0.122. The van der Waals surface area contributed by atoms with Gasteiger partial charge in [-0.1, -0.05) is 30.3 Å². The summed E-state index contributed by atoms with van der Waals surface area (Å²) in [4.78, 5) is 16.8. The van der Waals surface area contributed by atoms with Crippen LogP contribution in [0.4, 0.5) is 0 Å². The van der Waals surface area contributed by atoms with Gasteiger partial charge in [0.25, 0.3) is 0 Å². The Balaban J connectivity index is 0.00000312. The third kappa shape index (κ3) is 8.42. The van der Waals surface area contributed by atoms with Crippen LogP contribution in [0.5, 0.6) is 0 Å². The topological polar surface area (TPSA) is 61.6 Å². The number of benzene rings is 1. The predicted octanol–water partition coefficient (Wildman–Crippen LogP) is 1.42. The summed E-state index contributed by atoms with van der Waals surface area (Å²) < 4.78 is 0. The molecule has 1 aliphatic heterocycles. The van der Waals surface area contributed by atoms with E-state index in [0.717, 1.165) is 51.4 Å². The van der Waals surface area contributed by atoms with Gasteiger partial charge in [-0.25, -0.2) is 0 Å². The first-order chi connectivity index (χ1) is 11.7. The molecule has 1 atom stereocenters. The van der Waals surface area contributed by atoms with Crippen molar-refractivity contribution in [2.75, 3.05) is 51.3 Å². The smallest absolute Gasteiger partial charge is 0.236 e. The lowest BCUT2D eigenvalue weighted by Gasteiger charge is -2.34. The standard InChI is InChI=1S/C18H30N4OS.ClH/c1-24-14-7-17(19)18(23)20-8-9-21-10-12-22(13-11-21)15-16-5-3-2-4-6-16;/h2-6,17H,7-15,19H2,1H3,(H,20,23);1H/t17-;/m0./s1. The molecule has 2 rings (SSSR count). The highest BCUT2D eigenvalue weighted by atomic mass is 35.5. The van der Waals surface area contributed by atoms with Crippen molar-refractivity contribution >= 4 is 30.1 Å². The Morgan fingerprint density at radius 3 is 2.48 bits per heavy atom. The largest absolute Gasteiger partial charge is 0.353 e. The molecule has 1 aromatic carbocycles. The summed E-state index contributed by atoms with van der Waals surface area (Å²) >= 11 is 1.72. The number of nitrogens with zero attached hydrogens (tertiary/aromatic N) is 2. The van der Waals surface area contributed by atoms with Crippen molar-refractivity contribution < 1.29 is 4.79 Å². The molecule has 0 unspecified atom stereocenters. The van der Waals surface area contributed by atoms with Gasteiger partial charge in [-0.05, 0) is 24.0 Å². The van der Waals surface area contributed by atoms with E-state index < -0.39 is 0 Å². The Morgan fingerprint density at radius 2 is 1.84 bits per heavy atom. The van der Waals surface area contributed by atoms with E-state index in [2.05, 4.69) is 45.4 Å². The minimum Gasteiger partial charge on any atom is -0.353 e. The van der Waals surface area contributed by atoms with Gasteiger partial charge in [0.1, 0.15) is 0 Å². The summed E-state index contributed by atoms with van der Waals surface area (Å²) in [6.07, 6.45) is 2.77. The number of nitrogens with one attached hydrogen (secondary N) is 1. The molecule has 1 aliphatic rings. The fourth-order valence-electron chi connectivity index (χ4n) is 2.86. The zero-order valence-corrected chi connectivity index (χ0v) is 16.7. The summed E-state index contributed by atoms with van der Waals surface area (Å²) in [6.45, 7) is 6.88. The number of carbonyl (C=O) groups is 1. The maximum Gasteiger partial charge on any atom is 0.236 e. The molecule has 0 bridgehead atoms. The van der Waals surface area contributed by atoms with Crippen LogP contribution >= 0.6 is 24.2 Å². The van der Waals surface area contributed by atoms with Crippen molar-refractivity contribution in [2.24, 2.45) is 5.73 Å². The molecule has 1 aromatic rings. The molecule has 3 N–H and O–H groups in total. The normalized spacial score (nSPS) is 16.9. The molecule has 0 radical (unpaired) electrons. The Kier molecular flexibility index (Phi) is 11.2. The molecule has 0 aliphatic carbocycles. The summed E-state index contributed by atoms with van der Waals surface area (Å²) in [5.74, 6) is 0.907. The van der Waals surface area contributed by atoms with Gasteiger partial charge < -0.3 is 11.1 Å². The van der Waals surface area contributed by atoms with Crippen molar-refractivity contribution in [3.8, 4) is 0 Å². The third-order valence-corrected chi connectivity index (χ3v) is 5.05. The first-order valence-corrected chi connectivity index (χ1v) is 10.1. The SMILES string of the molecule is CSCC[C@H](N)C(=O)NCCN1CCN(Cc2ccccc2)CC1.Cl. The molecule has 5 nitrogen and oxygen atoms in total. The number of rotatable bonds is 9. The number of amides is 1. The van der Waals surface area contributed by atoms with Gasteiger partial charge in [0.2, 0.25) is 5.91 Å². The molecule has 1 amide bonds. The van der Waals surface area contributed by atoms with Crippen molar-refractivity contribution in [1.29, 1.82) is 0 Å². The average molecular weight is 387 g/mol. The number of carbonyl (C=O) groups excluding carboxylic acids is 1. The van der Waals surface area contributed by atoms with Gasteiger partial charge in [-0.3, -0.25) is 14.6 Å². The quantitative estimate of drug-likeness (QED) is 0.672.